The molecule has 0 radical (unpaired) electrons. The van der Waals surface area contributed by atoms with Crippen LogP contribution >= 0.6 is 0 Å². The molecule has 2 aromatic heterocycles. The van der Waals surface area contributed by atoms with Crippen molar-refractivity contribution in [3.8, 4) is 28.7 Å². The summed E-state index contributed by atoms with van der Waals surface area (Å²) in [4.78, 5) is 0. The highest BCUT2D eigenvalue weighted by Crippen LogP contribution is 2.39. The van der Waals surface area contributed by atoms with E-state index in [1.807, 2.05) is 50.2 Å². The van der Waals surface area contributed by atoms with Crippen molar-refractivity contribution in [2.24, 2.45) is 0 Å². The average Bonchev–Trinajstić information content (AvgIpc) is 3.11. The molecule has 2 heterocycles. The highest BCUT2D eigenvalue weighted by atomic mass is 16.5. The summed E-state index contributed by atoms with van der Waals surface area (Å²) in [5, 5.41) is 14.4. The second-order valence-electron chi connectivity index (χ2n) is 7.85. The van der Waals surface area contributed by atoms with Gasteiger partial charge in [-0.25, -0.2) is 0 Å². The van der Waals surface area contributed by atoms with Crippen LogP contribution in [0, 0.1) is 20.8 Å². The minimum Gasteiger partial charge on any atom is -0.494 e. The van der Waals surface area contributed by atoms with Crippen LogP contribution < -0.4 is 24.3 Å². The summed E-state index contributed by atoms with van der Waals surface area (Å²) in [7, 11) is 4.90. The van der Waals surface area contributed by atoms with Gasteiger partial charge in [-0.3, -0.25) is 0 Å². The highest BCUT2D eigenvalue weighted by molar-refractivity contribution is 5.99. The number of nitrogens with one attached hydrogen (secondary N) is 1. The molecule has 0 aliphatic carbocycles. The predicted molar refractivity (Wildman–Crippen MR) is 134 cm³/mol. The van der Waals surface area contributed by atoms with Crippen LogP contribution in [0.1, 0.15) is 24.0 Å². The number of methoxy groups -OCH3 is 3. The van der Waals surface area contributed by atoms with Crippen LogP contribution in [0.4, 0.5) is 11.5 Å². The smallest absolute Gasteiger partial charge is 0.162 e. The Morgan fingerprint density at radius 2 is 1.50 bits per heavy atom. The van der Waals surface area contributed by atoms with E-state index in [-0.39, 0.29) is 0 Å². The molecule has 0 unspecified atom stereocenters. The summed E-state index contributed by atoms with van der Waals surface area (Å²) < 4.78 is 24.4. The van der Waals surface area contributed by atoms with Crippen molar-refractivity contribution in [2.75, 3.05) is 33.3 Å². The molecule has 8 nitrogen and oxygen atoms in total. The third kappa shape index (κ3) is 3.96. The lowest BCUT2D eigenvalue weighted by molar-refractivity contribution is 0.336. The van der Waals surface area contributed by atoms with Crippen LogP contribution in [0.3, 0.4) is 0 Å². The monoisotopic (exact) mass is 462 g/mol. The molecule has 8 heteroatoms. The van der Waals surface area contributed by atoms with Gasteiger partial charge in [-0.15, -0.1) is 5.10 Å². The van der Waals surface area contributed by atoms with Gasteiger partial charge in [0, 0.05) is 40.0 Å². The van der Waals surface area contributed by atoms with E-state index in [9.17, 15) is 0 Å². The van der Waals surface area contributed by atoms with Crippen molar-refractivity contribution < 1.29 is 18.9 Å². The Balaban J connectivity index is 1.87. The summed E-state index contributed by atoms with van der Waals surface area (Å²) in [5.74, 6) is 3.45. The number of anilines is 2. The Kier molecular flexibility index (Phi) is 6.49. The molecule has 4 rings (SSSR count). The maximum Gasteiger partial charge on any atom is 0.162 e. The van der Waals surface area contributed by atoms with Gasteiger partial charge in [0.25, 0.3) is 0 Å². The highest BCUT2D eigenvalue weighted by Gasteiger charge is 2.22. The SMILES string of the molecule is CCOc1ccc(-n2c(C)c3c(C)nnc(Nc4ccc(OC)c(OC)c4)c3c2C)c(OC)c1. The van der Waals surface area contributed by atoms with E-state index >= 15 is 0 Å². The van der Waals surface area contributed by atoms with Gasteiger partial charge in [0.05, 0.1) is 39.3 Å². The first-order chi connectivity index (χ1) is 16.4. The average molecular weight is 463 g/mol. The molecule has 0 aliphatic heterocycles. The van der Waals surface area contributed by atoms with Gasteiger partial charge in [-0.2, -0.15) is 5.10 Å². The van der Waals surface area contributed by atoms with E-state index in [1.54, 1.807) is 21.3 Å². The molecule has 0 spiro atoms. The maximum absolute atomic E-state index is 5.72. The second kappa shape index (κ2) is 9.51. The quantitative estimate of drug-likeness (QED) is 0.370. The van der Waals surface area contributed by atoms with Crippen LogP contribution in [-0.2, 0) is 0 Å². The number of aromatic nitrogens is 3. The molecule has 0 bridgehead atoms. The molecule has 2 aromatic carbocycles. The van der Waals surface area contributed by atoms with E-state index in [1.165, 1.54) is 0 Å². The van der Waals surface area contributed by atoms with Gasteiger partial charge < -0.3 is 28.8 Å². The van der Waals surface area contributed by atoms with Crippen molar-refractivity contribution in [3.63, 3.8) is 0 Å². The Morgan fingerprint density at radius 3 is 2.18 bits per heavy atom. The van der Waals surface area contributed by atoms with E-state index in [2.05, 4.69) is 33.9 Å². The number of benzene rings is 2. The predicted octanol–water partition coefficient (Wildman–Crippen LogP) is 5.51. The molecule has 0 saturated carbocycles. The zero-order chi connectivity index (χ0) is 24.4. The normalized spacial score (nSPS) is 10.9. The molecule has 1 N–H and O–H groups in total. The Morgan fingerprint density at radius 1 is 0.794 bits per heavy atom. The van der Waals surface area contributed by atoms with E-state index < -0.39 is 0 Å². The van der Waals surface area contributed by atoms with Crippen LogP contribution in [0.25, 0.3) is 16.5 Å². The Bertz CT molecular complexity index is 1350. The van der Waals surface area contributed by atoms with Crippen molar-refractivity contribution in [2.45, 2.75) is 27.7 Å². The van der Waals surface area contributed by atoms with Crippen molar-refractivity contribution >= 4 is 22.3 Å². The van der Waals surface area contributed by atoms with Gasteiger partial charge in [-0.05, 0) is 52.0 Å². The lowest BCUT2D eigenvalue weighted by atomic mass is 10.1. The zero-order valence-corrected chi connectivity index (χ0v) is 20.6. The number of nitrogens with zero attached hydrogens (tertiary/aromatic N) is 3. The minimum absolute atomic E-state index is 0.593. The summed E-state index contributed by atoms with van der Waals surface area (Å²) in [5.41, 5.74) is 4.68. The lowest BCUT2D eigenvalue weighted by Gasteiger charge is -2.15. The molecule has 0 fully saturated rings. The molecule has 34 heavy (non-hydrogen) atoms. The first kappa shape index (κ1) is 23.2. The Hall–Kier alpha value is -3.94. The standard InChI is InChI=1S/C26H30N4O4/c1-8-34-19-10-11-20(22(14-19)32-6)30-16(3)24-15(2)28-29-26(25(24)17(30)4)27-18-9-12-21(31-5)23(13-18)33-7/h9-14H,8H2,1-7H3,(H,27,29). The van der Waals surface area contributed by atoms with Crippen LogP contribution in [0.2, 0.25) is 0 Å². The first-order valence-corrected chi connectivity index (χ1v) is 11.1. The molecule has 0 aliphatic rings. The van der Waals surface area contributed by atoms with Crippen LogP contribution in [0.5, 0.6) is 23.0 Å². The fourth-order valence-corrected chi connectivity index (χ4v) is 4.39. The number of rotatable bonds is 8. The van der Waals surface area contributed by atoms with Crippen molar-refractivity contribution in [1.29, 1.82) is 0 Å². The molecule has 0 atom stereocenters. The number of fused-ring (bicyclic) bond motifs is 1. The minimum atomic E-state index is 0.593. The third-order valence-electron chi connectivity index (χ3n) is 5.89. The molecule has 0 saturated heterocycles. The van der Waals surface area contributed by atoms with Crippen LogP contribution in [0.15, 0.2) is 36.4 Å². The topological polar surface area (TPSA) is 79.7 Å². The van der Waals surface area contributed by atoms with Crippen molar-refractivity contribution in [3.05, 3.63) is 53.5 Å². The fraction of sp³-hybridized carbons (Fsp3) is 0.308. The largest absolute Gasteiger partial charge is 0.494 e. The van der Waals surface area contributed by atoms with E-state index in [0.29, 0.717) is 23.9 Å². The summed E-state index contributed by atoms with van der Waals surface area (Å²) >= 11 is 0. The number of aryl methyl sites for hydroxylation is 3. The van der Waals surface area contributed by atoms with E-state index in [4.69, 9.17) is 18.9 Å². The van der Waals surface area contributed by atoms with Gasteiger partial charge in [0.2, 0.25) is 0 Å². The molecule has 4 aromatic rings. The zero-order valence-electron chi connectivity index (χ0n) is 20.6. The molecule has 0 amide bonds. The number of hydrogen-bond donors (Lipinski definition) is 1. The first-order valence-electron chi connectivity index (χ1n) is 11.1. The summed E-state index contributed by atoms with van der Waals surface area (Å²) in [6.07, 6.45) is 0. The van der Waals surface area contributed by atoms with Gasteiger partial charge in [0.15, 0.2) is 17.3 Å². The van der Waals surface area contributed by atoms with Crippen molar-refractivity contribution in [1.82, 2.24) is 14.8 Å². The van der Waals surface area contributed by atoms with Crippen LogP contribution in [-0.4, -0.2) is 42.7 Å². The third-order valence-corrected chi connectivity index (χ3v) is 5.89. The van der Waals surface area contributed by atoms with Gasteiger partial charge >= 0.3 is 0 Å². The lowest BCUT2D eigenvalue weighted by Crippen LogP contribution is -2.03. The Labute approximate surface area is 199 Å². The molecular weight excluding hydrogens is 432 g/mol. The van der Waals surface area contributed by atoms with Gasteiger partial charge in [0.1, 0.15) is 11.5 Å². The molecular formula is C26H30N4O4. The van der Waals surface area contributed by atoms with Gasteiger partial charge in [-0.1, -0.05) is 0 Å². The number of hydrogen-bond acceptors (Lipinski definition) is 7. The maximum atomic E-state index is 5.72. The summed E-state index contributed by atoms with van der Waals surface area (Å²) in [6, 6.07) is 11.5. The second-order valence-corrected chi connectivity index (χ2v) is 7.85. The molecule has 178 valence electrons. The van der Waals surface area contributed by atoms with E-state index in [0.717, 1.165) is 50.7 Å². The number of ether oxygens (including phenoxy) is 4. The fourth-order valence-electron chi connectivity index (χ4n) is 4.39. The summed E-state index contributed by atoms with van der Waals surface area (Å²) in [6.45, 7) is 8.69.